The number of ether oxygens (including phenoxy) is 1. The van der Waals surface area contributed by atoms with Gasteiger partial charge in [-0.05, 0) is 29.2 Å². The molecule has 0 radical (unpaired) electrons. The fourth-order valence-electron chi connectivity index (χ4n) is 2.67. The molecule has 0 saturated carbocycles. The van der Waals surface area contributed by atoms with Gasteiger partial charge in [0.25, 0.3) is 0 Å². The van der Waals surface area contributed by atoms with Crippen LogP contribution in [0.2, 0.25) is 0 Å². The van der Waals surface area contributed by atoms with Gasteiger partial charge in [-0.25, -0.2) is 0 Å². The summed E-state index contributed by atoms with van der Waals surface area (Å²) in [6, 6.07) is 13.7. The average molecular weight is 370 g/mol. The summed E-state index contributed by atoms with van der Waals surface area (Å²) < 4.78 is 5.07. The Morgan fingerprint density at radius 2 is 1.78 bits per heavy atom. The second kappa shape index (κ2) is 9.62. The molecule has 2 amide bonds. The number of carbonyl (C=O) groups is 2. The van der Waals surface area contributed by atoms with Crippen LogP contribution in [0.1, 0.15) is 25.0 Å². The third kappa shape index (κ3) is 6.02. The number of phenolic OH excluding ortho intramolecular Hbond substituents is 1. The minimum atomic E-state index is -0.625. The molecule has 144 valence electrons. The molecule has 0 aliphatic carbocycles. The molecule has 27 heavy (non-hydrogen) atoms. The van der Waals surface area contributed by atoms with Crippen LogP contribution in [-0.4, -0.2) is 30.1 Å². The first-order valence-corrected chi connectivity index (χ1v) is 8.87. The summed E-state index contributed by atoms with van der Waals surface area (Å²) in [6.07, 6.45) is 0.229. The molecule has 0 saturated heterocycles. The van der Waals surface area contributed by atoms with E-state index in [1.807, 2.05) is 44.2 Å². The van der Waals surface area contributed by atoms with E-state index in [1.165, 1.54) is 13.2 Å². The molecule has 2 aromatic carbocycles. The van der Waals surface area contributed by atoms with Crippen molar-refractivity contribution in [2.75, 3.05) is 7.11 Å². The van der Waals surface area contributed by atoms with E-state index in [-0.39, 0.29) is 36.4 Å². The maximum absolute atomic E-state index is 12.6. The Morgan fingerprint density at radius 1 is 1.07 bits per heavy atom. The van der Waals surface area contributed by atoms with Crippen LogP contribution in [0.5, 0.6) is 11.5 Å². The minimum absolute atomic E-state index is 0.0424. The van der Waals surface area contributed by atoms with E-state index in [2.05, 4.69) is 10.6 Å². The van der Waals surface area contributed by atoms with E-state index >= 15 is 0 Å². The Labute approximate surface area is 159 Å². The second-order valence-corrected chi connectivity index (χ2v) is 6.68. The Bertz CT molecular complexity index is 775. The lowest BCUT2D eigenvalue weighted by Crippen LogP contribution is -2.49. The Morgan fingerprint density at radius 3 is 2.41 bits per heavy atom. The highest BCUT2D eigenvalue weighted by atomic mass is 16.5. The highest BCUT2D eigenvalue weighted by Crippen LogP contribution is 2.26. The van der Waals surface area contributed by atoms with Crippen LogP contribution in [0, 0.1) is 5.92 Å². The molecule has 2 aromatic rings. The number of nitrogens with one attached hydrogen (secondary N) is 2. The van der Waals surface area contributed by atoms with Crippen LogP contribution in [0.25, 0.3) is 0 Å². The van der Waals surface area contributed by atoms with E-state index in [0.29, 0.717) is 5.75 Å². The fraction of sp³-hybridized carbons (Fsp3) is 0.333. The quantitative estimate of drug-likeness (QED) is 0.666. The van der Waals surface area contributed by atoms with Gasteiger partial charge in [-0.3, -0.25) is 9.59 Å². The molecule has 0 spiro atoms. The normalized spacial score (nSPS) is 11.7. The summed E-state index contributed by atoms with van der Waals surface area (Å²) in [4.78, 5) is 24.9. The van der Waals surface area contributed by atoms with Gasteiger partial charge < -0.3 is 20.5 Å². The van der Waals surface area contributed by atoms with Crippen molar-refractivity contribution in [1.82, 2.24) is 10.6 Å². The predicted molar refractivity (Wildman–Crippen MR) is 103 cm³/mol. The van der Waals surface area contributed by atoms with Crippen molar-refractivity contribution < 1.29 is 19.4 Å². The van der Waals surface area contributed by atoms with Crippen molar-refractivity contribution >= 4 is 11.8 Å². The van der Waals surface area contributed by atoms with Crippen LogP contribution in [0.4, 0.5) is 0 Å². The first kappa shape index (κ1) is 20.3. The van der Waals surface area contributed by atoms with Crippen LogP contribution in [0.15, 0.2) is 48.5 Å². The predicted octanol–water partition coefficient (Wildman–Crippen LogP) is 2.40. The summed E-state index contributed by atoms with van der Waals surface area (Å²) in [6.45, 7) is 4.04. The van der Waals surface area contributed by atoms with Gasteiger partial charge in [0.15, 0.2) is 11.5 Å². The fourth-order valence-corrected chi connectivity index (χ4v) is 2.67. The second-order valence-electron chi connectivity index (χ2n) is 6.68. The van der Waals surface area contributed by atoms with E-state index in [4.69, 9.17) is 4.74 Å². The highest BCUT2D eigenvalue weighted by Gasteiger charge is 2.24. The van der Waals surface area contributed by atoms with E-state index in [0.717, 1.165) is 11.1 Å². The van der Waals surface area contributed by atoms with Crippen molar-refractivity contribution in [3.05, 3.63) is 59.7 Å². The Balaban J connectivity index is 1.95. The van der Waals surface area contributed by atoms with Gasteiger partial charge in [-0.1, -0.05) is 50.2 Å². The number of methoxy groups -OCH3 is 1. The molecule has 1 atom stereocenters. The van der Waals surface area contributed by atoms with Gasteiger partial charge in [0.2, 0.25) is 11.8 Å². The number of carbonyl (C=O) groups excluding carboxylic acids is 2. The third-order valence-corrected chi connectivity index (χ3v) is 4.18. The maximum atomic E-state index is 12.6. The number of amides is 2. The summed E-state index contributed by atoms with van der Waals surface area (Å²) in [7, 11) is 1.47. The Hall–Kier alpha value is -3.02. The molecular formula is C21H26N2O4. The minimum Gasteiger partial charge on any atom is -0.504 e. The highest BCUT2D eigenvalue weighted by molar-refractivity contribution is 5.88. The summed E-state index contributed by atoms with van der Waals surface area (Å²) >= 11 is 0. The zero-order valence-electron chi connectivity index (χ0n) is 15.9. The molecule has 0 fully saturated rings. The Kier molecular flexibility index (Phi) is 7.23. The standard InChI is InChI=1S/C21H26N2O4/c1-14(2)20(23-19(25)12-15-7-5-4-6-8-15)21(26)22-13-16-9-10-17(24)18(11-16)27-3/h4-11,14,20,24H,12-13H2,1-3H3,(H,22,26)(H,23,25). The number of benzene rings is 2. The van der Waals surface area contributed by atoms with Crippen LogP contribution in [-0.2, 0) is 22.6 Å². The lowest BCUT2D eigenvalue weighted by atomic mass is 10.0. The van der Waals surface area contributed by atoms with Gasteiger partial charge in [-0.2, -0.15) is 0 Å². The molecule has 2 rings (SSSR count). The zero-order chi connectivity index (χ0) is 19.8. The van der Waals surface area contributed by atoms with E-state index in [9.17, 15) is 14.7 Å². The molecule has 6 nitrogen and oxygen atoms in total. The molecule has 0 aromatic heterocycles. The molecular weight excluding hydrogens is 344 g/mol. The van der Waals surface area contributed by atoms with Crippen molar-refractivity contribution in [2.45, 2.75) is 32.9 Å². The third-order valence-electron chi connectivity index (χ3n) is 4.18. The van der Waals surface area contributed by atoms with Gasteiger partial charge in [0.05, 0.1) is 13.5 Å². The molecule has 0 aliphatic rings. The van der Waals surface area contributed by atoms with Crippen LogP contribution in [0.3, 0.4) is 0 Å². The summed E-state index contributed by atoms with van der Waals surface area (Å²) in [5.74, 6) is -0.113. The van der Waals surface area contributed by atoms with Gasteiger partial charge in [-0.15, -0.1) is 0 Å². The van der Waals surface area contributed by atoms with Crippen LogP contribution >= 0.6 is 0 Å². The van der Waals surface area contributed by atoms with E-state index in [1.54, 1.807) is 12.1 Å². The number of aromatic hydroxyl groups is 1. The molecule has 0 aliphatic heterocycles. The molecule has 6 heteroatoms. The lowest BCUT2D eigenvalue weighted by Gasteiger charge is -2.22. The maximum Gasteiger partial charge on any atom is 0.243 e. The molecule has 1 unspecified atom stereocenters. The molecule has 3 N–H and O–H groups in total. The number of rotatable bonds is 8. The zero-order valence-corrected chi connectivity index (χ0v) is 15.9. The molecule has 0 heterocycles. The molecule has 0 bridgehead atoms. The van der Waals surface area contributed by atoms with Gasteiger partial charge in [0.1, 0.15) is 6.04 Å². The van der Waals surface area contributed by atoms with Crippen molar-refractivity contribution in [2.24, 2.45) is 5.92 Å². The van der Waals surface area contributed by atoms with Crippen molar-refractivity contribution in [1.29, 1.82) is 0 Å². The summed E-state index contributed by atoms with van der Waals surface area (Å²) in [5, 5.41) is 15.3. The van der Waals surface area contributed by atoms with Crippen molar-refractivity contribution in [3.8, 4) is 11.5 Å². The summed E-state index contributed by atoms with van der Waals surface area (Å²) in [5.41, 5.74) is 1.69. The lowest BCUT2D eigenvalue weighted by molar-refractivity contribution is -0.129. The van der Waals surface area contributed by atoms with E-state index < -0.39 is 6.04 Å². The largest absolute Gasteiger partial charge is 0.504 e. The van der Waals surface area contributed by atoms with Gasteiger partial charge >= 0.3 is 0 Å². The average Bonchev–Trinajstić information content (AvgIpc) is 2.65. The SMILES string of the molecule is COc1cc(CNC(=O)C(NC(=O)Cc2ccccc2)C(C)C)ccc1O. The first-order chi connectivity index (χ1) is 12.9. The van der Waals surface area contributed by atoms with Crippen molar-refractivity contribution in [3.63, 3.8) is 0 Å². The van der Waals surface area contributed by atoms with Gasteiger partial charge in [0, 0.05) is 6.54 Å². The van der Waals surface area contributed by atoms with Crippen LogP contribution < -0.4 is 15.4 Å². The number of hydrogen-bond donors (Lipinski definition) is 3. The monoisotopic (exact) mass is 370 g/mol. The number of hydrogen-bond acceptors (Lipinski definition) is 4. The number of phenols is 1. The smallest absolute Gasteiger partial charge is 0.243 e. The first-order valence-electron chi connectivity index (χ1n) is 8.87. The topological polar surface area (TPSA) is 87.7 Å².